The summed E-state index contributed by atoms with van der Waals surface area (Å²) in [5.74, 6) is -1.47. The van der Waals surface area contributed by atoms with Crippen molar-refractivity contribution in [3.8, 4) is 0 Å². The number of aliphatic hydroxyl groups is 1. The van der Waals surface area contributed by atoms with Gasteiger partial charge in [-0.2, -0.15) is 0 Å². The predicted molar refractivity (Wildman–Crippen MR) is 144 cm³/mol. The molecule has 2 aromatic carbocycles. The van der Waals surface area contributed by atoms with Crippen LogP contribution in [0.15, 0.2) is 48.5 Å². The maximum Gasteiger partial charge on any atom is 0.407 e. The molecule has 38 heavy (non-hydrogen) atoms. The Balaban J connectivity index is 1.86. The Labute approximate surface area is 224 Å². The molecule has 0 aromatic heterocycles. The molecule has 0 heterocycles. The van der Waals surface area contributed by atoms with Crippen molar-refractivity contribution in [1.82, 2.24) is 16.0 Å². The Morgan fingerprint density at radius 2 is 1.68 bits per heavy atom. The summed E-state index contributed by atoms with van der Waals surface area (Å²) in [6.07, 6.45) is -0.932. The molecule has 2 aromatic rings. The molecule has 2 amide bonds. The summed E-state index contributed by atoms with van der Waals surface area (Å²) in [5, 5.41) is 19.5. The number of ether oxygens (including phenoxy) is 1. The summed E-state index contributed by atoms with van der Waals surface area (Å²) in [7, 11) is 0. The van der Waals surface area contributed by atoms with Crippen molar-refractivity contribution in [2.24, 2.45) is 5.41 Å². The number of carbonyl (C=O) groups is 2. The molecule has 0 fully saturated rings. The highest BCUT2D eigenvalue weighted by Gasteiger charge is 2.30. The van der Waals surface area contributed by atoms with Crippen molar-refractivity contribution >= 4 is 12.0 Å². The van der Waals surface area contributed by atoms with Gasteiger partial charge in [-0.15, -0.1) is 0 Å². The highest BCUT2D eigenvalue weighted by atomic mass is 19.1. The second-order valence-corrected chi connectivity index (χ2v) is 11.3. The number of aliphatic hydroxyl groups excluding tert-OH is 1. The normalized spacial score (nSPS) is 13.5. The van der Waals surface area contributed by atoms with Crippen molar-refractivity contribution in [1.29, 1.82) is 0 Å². The fourth-order valence-corrected chi connectivity index (χ4v) is 3.81. The van der Waals surface area contributed by atoms with Gasteiger partial charge in [0.25, 0.3) is 5.91 Å². The van der Waals surface area contributed by atoms with E-state index in [4.69, 9.17) is 4.74 Å². The summed E-state index contributed by atoms with van der Waals surface area (Å²) in [4.78, 5) is 25.2. The molecule has 2 atom stereocenters. The number of halogens is 2. The number of aryl methyl sites for hydroxylation is 1. The van der Waals surface area contributed by atoms with E-state index in [0.29, 0.717) is 31.5 Å². The molecule has 0 saturated heterocycles. The van der Waals surface area contributed by atoms with Crippen LogP contribution in [-0.2, 0) is 22.4 Å². The van der Waals surface area contributed by atoms with Gasteiger partial charge in [-0.3, -0.25) is 4.79 Å². The van der Waals surface area contributed by atoms with Gasteiger partial charge in [0, 0.05) is 13.1 Å². The van der Waals surface area contributed by atoms with E-state index in [1.54, 1.807) is 20.8 Å². The summed E-state index contributed by atoms with van der Waals surface area (Å²) in [6, 6.07) is 11.8. The topological polar surface area (TPSA) is 99.7 Å². The SMILES string of the molecule is CC(C)(CNCCCc1cc(F)ccc1F)CNC(=O)[C@@H](O)[C@@H](Cc1ccccc1)NC(=O)OC(C)(C)C. The number of amides is 2. The quantitative estimate of drug-likeness (QED) is 0.290. The first-order valence-corrected chi connectivity index (χ1v) is 12.9. The number of rotatable bonds is 13. The molecule has 0 aliphatic heterocycles. The Morgan fingerprint density at radius 3 is 2.34 bits per heavy atom. The molecule has 0 unspecified atom stereocenters. The van der Waals surface area contributed by atoms with E-state index >= 15 is 0 Å². The largest absolute Gasteiger partial charge is 0.444 e. The smallest absolute Gasteiger partial charge is 0.407 e. The highest BCUT2D eigenvalue weighted by Crippen LogP contribution is 2.15. The summed E-state index contributed by atoms with van der Waals surface area (Å²) in [5.41, 5.74) is 0.116. The fourth-order valence-electron chi connectivity index (χ4n) is 3.81. The van der Waals surface area contributed by atoms with Gasteiger partial charge in [-0.05, 0) is 81.3 Å². The lowest BCUT2D eigenvalue weighted by atomic mass is 9.93. The molecule has 0 aliphatic rings. The minimum atomic E-state index is -1.49. The van der Waals surface area contributed by atoms with E-state index in [-0.39, 0.29) is 18.4 Å². The van der Waals surface area contributed by atoms with Crippen LogP contribution in [0.4, 0.5) is 13.6 Å². The number of hydrogen-bond acceptors (Lipinski definition) is 5. The third kappa shape index (κ3) is 11.6. The molecule has 4 N–H and O–H groups in total. The Hall–Kier alpha value is -3.04. The van der Waals surface area contributed by atoms with Gasteiger partial charge in [0.1, 0.15) is 17.2 Å². The molecule has 0 saturated carbocycles. The van der Waals surface area contributed by atoms with Gasteiger partial charge in [0.2, 0.25) is 0 Å². The average molecular weight is 534 g/mol. The first kappa shape index (κ1) is 31.2. The zero-order valence-corrected chi connectivity index (χ0v) is 22.9. The average Bonchev–Trinajstić information content (AvgIpc) is 2.83. The predicted octanol–water partition coefficient (Wildman–Crippen LogP) is 4.13. The third-order valence-corrected chi connectivity index (χ3v) is 5.80. The standard InChI is InChI=1S/C29H41F2N3O4/c1-28(2,3)38-27(37)34-24(16-20-10-7-6-8-11-20)25(35)26(36)33-19-29(4,5)18-32-15-9-12-21-17-22(30)13-14-23(21)31/h6-8,10-11,13-14,17,24-25,32,35H,9,12,15-16,18-19H2,1-5H3,(H,33,36)(H,34,37)/t24-,25+/m1/s1. The zero-order chi connectivity index (χ0) is 28.3. The number of benzene rings is 2. The number of alkyl carbamates (subject to hydrolysis) is 1. The minimum absolute atomic E-state index is 0.242. The first-order chi connectivity index (χ1) is 17.8. The van der Waals surface area contributed by atoms with Crippen LogP contribution < -0.4 is 16.0 Å². The van der Waals surface area contributed by atoms with E-state index in [2.05, 4.69) is 16.0 Å². The molecule has 7 nitrogen and oxygen atoms in total. The molecule has 9 heteroatoms. The second-order valence-electron chi connectivity index (χ2n) is 11.3. The van der Waals surface area contributed by atoms with Gasteiger partial charge in [0.15, 0.2) is 6.10 Å². The maximum atomic E-state index is 13.8. The number of carbonyl (C=O) groups excluding carboxylic acids is 2. The molecular formula is C29H41F2N3O4. The Bertz CT molecular complexity index is 1040. The van der Waals surface area contributed by atoms with E-state index in [0.717, 1.165) is 17.7 Å². The first-order valence-electron chi connectivity index (χ1n) is 12.9. The maximum absolute atomic E-state index is 13.8. The monoisotopic (exact) mass is 533 g/mol. The van der Waals surface area contributed by atoms with Gasteiger partial charge in [-0.1, -0.05) is 44.2 Å². The molecule has 210 valence electrons. The lowest BCUT2D eigenvalue weighted by molar-refractivity contribution is -0.131. The van der Waals surface area contributed by atoms with Crippen molar-refractivity contribution in [2.45, 2.75) is 71.6 Å². The van der Waals surface area contributed by atoms with Crippen LogP contribution in [0.2, 0.25) is 0 Å². The summed E-state index contributed by atoms with van der Waals surface area (Å²) >= 11 is 0. The molecule has 0 spiro atoms. The third-order valence-electron chi connectivity index (χ3n) is 5.80. The van der Waals surface area contributed by atoms with Gasteiger partial charge in [-0.25, -0.2) is 13.6 Å². The van der Waals surface area contributed by atoms with E-state index in [1.165, 1.54) is 6.07 Å². The van der Waals surface area contributed by atoms with Crippen LogP contribution >= 0.6 is 0 Å². The van der Waals surface area contributed by atoms with E-state index in [9.17, 15) is 23.5 Å². The zero-order valence-electron chi connectivity index (χ0n) is 22.9. The van der Waals surface area contributed by atoms with Crippen molar-refractivity contribution in [2.75, 3.05) is 19.6 Å². The van der Waals surface area contributed by atoms with Crippen molar-refractivity contribution in [3.63, 3.8) is 0 Å². The van der Waals surface area contributed by atoms with Crippen LogP contribution in [0.25, 0.3) is 0 Å². The van der Waals surface area contributed by atoms with E-state index < -0.39 is 41.4 Å². The van der Waals surface area contributed by atoms with E-state index in [1.807, 2.05) is 44.2 Å². The van der Waals surface area contributed by atoms with Crippen LogP contribution in [-0.4, -0.2) is 54.5 Å². The fraction of sp³-hybridized carbons (Fsp3) is 0.517. The molecule has 0 radical (unpaired) electrons. The summed E-state index contributed by atoms with van der Waals surface area (Å²) in [6.45, 7) is 10.5. The lowest BCUT2D eigenvalue weighted by Crippen LogP contribution is -2.54. The molecular weight excluding hydrogens is 492 g/mol. The highest BCUT2D eigenvalue weighted by molar-refractivity contribution is 5.82. The van der Waals surface area contributed by atoms with Gasteiger partial charge < -0.3 is 25.8 Å². The van der Waals surface area contributed by atoms with Gasteiger partial charge in [0.05, 0.1) is 6.04 Å². The molecule has 0 aliphatic carbocycles. The lowest BCUT2D eigenvalue weighted by Gasteiger charge is -2.29. The van der Waals surface area contributed by atoms with Crippen molar-refractivity contribution in [3.05, 3.63) is 71.3 Å². The second kappa shape index (κ2) is 14.2. The van der Waals surface area contributed by atoms with Crippen LogP contribution in [0.3, 0.4) is 0 Å². The Kier molecular flexibility index (Phi) is 11.7. The van der Waals surface area contributed by atoms with Crippen LogP contribution in [0, 0.1) is 17.0 Å². The molecule has 2 rings (SSSR count). The minimum Gasteiger partial charge on any atom is -0.444 e. The van der Waals surface area contributed by atoms with Crippen molar-refractivity contribution < 1.29 is 28.2 Å². The summed E-state index contributed by atoms with van der Waals surface area (Å²) < 4.78 is 32.4. The van der Waals surface area contributed by atoms with Gasteiger partial charge >= 0.3 is 6.09 Å². The Morgan fingerprint density at radius 1 is 1.00 bits per heavy atom. The van der Waals surface area contributed by atoms with Crippen LogP contribution in [0.5, 0.6) is 0 Å². The van der Waals surface area contributed by atoms with Crippen LogP contribution in [0.1, 0.15) is 52.2 Å². The number of nitrogens with one attached hydrogen (secondary N) is 3. The molecule has 0 bridgehead atoms. The number of hydrogen-bond donors (Lipinski definition) is 4.